The molecule has 7 nitrogen and oxygen atoms in total. The molecule has 1 N–H and O–H groups in total. The third kappa shape index (κ3) is 4.36. The predicted octanol–water partition coefficient (Wildman–Crippen LogP) is 3.83. The molecule has 0 unspecified atom stereocenters. The van der Waals surface area contributed by atoms with Gasteiger partial charge in [0.15, 0.2) is 6.61 Å². The van der Waals surface area contributed by atoms with E-state index in [4.69, 9.17) is 4.74 Å². The summed E-state index contributed by atoms with van der Waals surface area (Å²) in [6.07, 6.45) is -3.62. The Kier molecular flexibility index (Phi) is 5.27. The van der Waals surface area contributed by atoms with Crippen LogP contribution in [0.25, 0.3) is 0 Å². The fraction of sp³-hybridized carbons (Fsp3) is 0.263. The monoisotopic (exact) mass is 408 g/mol. The van der Waals surface area contributed by atoms with Crippen LogP contribution in [0.3, 0.4) is 0 Å². The van der Waals surface area contributed by atoms with Crippen molar-refractivity contribution in [3.63, 3.8) is 0 Å². The molecular formula is C19H15F3N2O5. The zero-order chi connectivity index (χ0) is 21.2. The van der Waals surface area contributed by atoms with Gasteiger partial charge < -0.3 is 10.1 Å². The van der Waals surface area contributed by atoms with E-state index in [1.807, 2.05) is 0 Å². The van der Waals surface area contributed by atoms with E-state index in [9.17, 15) is 32.9 Å². The Labute approximate surface area is 162 Å². The van der Waals surface area contributed by atoms with Crippen LogP contribution in [0.15, 0.2) is 48.5 Å². The summed E-state index contributed by atoms with van der Waals surface area (Å²) >= 11 is 0. The number of carbonyl (C=O) groups excluding carboxylic acids is 2. The van der Waals surface area contributed by atoms with Gasteiger partial charge in [0.2, 0.25) is 0 Å². The molecule has 1 aliphatic carbocycles. The number of nitrogens with zero attached hydrogens (tertiary/aromatic N) is 1. The highest BCUT2D eigenvalue weighted by molar-refractivity contribution is 5.96. The van der Waals surface area contributed by atoms with Crippen LogP contribution in [0.5, 0.6) is 0 Å². The first-order valence-corrected chi connectivity index (χ1v) is 8.52. The van der Waals surface area contributed by atoms with Crippen molar-refractivity contribution in [2.75, 3.05) is 11.9 Å². The molecule has 0 atom stereocenters. The molecule has 1 fully saturated rings. The molecule has 3 rings (SSSR count). The van der Waals surface area contributed by atoms with Crippen LogP contribution >= 0.6 is 0 Å². The van der Waals surface area contributed by atoms with Crippen LogP contribution < -0.4 is 5.32 Å². The largest absolute Gasteiger partial charge is 0.455 e. The lowest BCUT2D eigenvalue weighted by atomic mass is 9.96. The fourth-order valence-electron chi connectivity index (χ4n) is 2.91. The van der Waals surface area contributed by atoms with Gasteiger partial charge in [-0.05, 0) is 30.5 Å². The van der Waals surface area contributed by atoms with Gasteiger partial charge in [-0.25, -0.2) is 0 Å². The summed E-state index contributed by atoms with van der Waals surface area (Å²) < 4.78 is 43.2. The van der Waals surface area contributed by atoms with Gasteiger partial charge in [-0.3, -0.25) is 19.7 Å². The highest BCUT2D eigenvalue weighted by Gasteiger charge is 2.52. The predicted molar refractivity (Wildman–Crippen MR) is 95.0 cm³/mol. The Bertz CT molecular complexity index is 956. The highest BCUT2D eigenvalue weighted by atomic mass is 19.4. The Balaban J connectivity index is 1.66. The zero-order valence-electron chi connectivity index (χ0n) is 14.9. The molecule has 0 aliphatic heterocycles. The number of anilines is 1. The highest BCUT2D eigenvalue weighted by Crippen LogP contribution is 2.49. The molecule has 2 aromatic carbocycles. The summed E-state index contributed by atoms with van der Waals surface area (Å²) in [5, 5.41) is 13.2. The van der Waals surface area contributed by atoms with E-state index in [0.717, 1.165) is 11.6 Å². The van der Waals surface area contributed by atoms with Crippen LogP contribution in [0.2, 0.25) is 0 Å². The number of alkyl halides is 3. The quantitative estimate of drug-likeness (QED) is 0.445. The second-order valence-electron chi connectivity index (χ2n) is 6.56. The van der Waals surface area contributed by atoms with Crippen molar-refractivity contribution in [1.82, 2.24) is 0 Å². The topological polar surface area (TPSA) is 98.5 Å². The van der Waals surface area contributed by atoms with Gasteiger partial charge in [0.1, 0.15) is 5.69 Å². The number of amides is 1. The summed E-state index contributed by atoms with van der Waals surface area (Å²) in [5.41, 5.74) is -2.59. The third-order valence-corrected chi connectivity index (χ3v) is 4.60. The minimum Gasteiger partial charge on any atom is -0.455 e. The fourth-order valence-corrected chi connectivity index (χ4v) is 2.91. The summed E-state index contributed by atoms with van der Waals surface area (Å²) in [5.74, 6) is -1.49. The molecule has 152 valence electrons. The summed E-state index contributed by atoms with van der Waals surface area (Å²) in [4.78, 5) is 34.4. The number of carbonyl (C=O) groups is 2. The molecule has 2 aromatic rings. The molecular weight excluding hydrogens is 393 g/mol. The molecule has 0 saturated heterocycles. The van der Waals surface area contributed by atoms with E-state index in [0.29, 0.717) is 25.0 Å². The Morgan fingerprint density at radius 3 is 2.34 bits per heavy atom. The van der Waals surface area contributed by atoms with Crippen LogP contribution in [-0.2, 0) is 25.9 Å². The molecule has 0 bridgehead atoms. The minimum absolute atomic E-state index is 0.330. The van der Waals surface area contributed by atoms with Gasteiger partial charge in [-0.1, -0.05) is 30.3 Å². The zero-order valence-corrected chi connectivity index (χ0v) is 14.9. The number of hydrogen-bond donors (Lipinski definition) is 1. The van der Waals surface area contributed by atoms with E-state index in [2.05, 4.69) is 5.32 Å². The Morgan fingerprint density at radius 1 is 1.14 bits per heavy atom. The number of hydrogen-bond acceptors (Lipinski definition) is 5. The lowest BCUT2D eigenvalue weighted by molar-refractivity contribution is -0.384. The number of nitro benzene ring substituents is 1. The maximum atomic E-state index is 12.7. The summed E-state index contributed by atoms with van der Waals surface area (Å²) in [7, 11) is 0. The van der Waals surface area contributed by atoms with Crippen molar-refractivity contribution < 1.29 is 32.4 Å². The average Bonchev–Trinajstić information content (AvgIpc) is 3.48. The Hall–Kier alpha value is -3.43. The van der Waals surface area contributed by atoms with E-state index in [-0.39, 0.29) is 0 Å². The molecule has 1 amide bonds. The molecule has 29 heavy (non-hydrogen) atoms. The Morgan fingerprint density at radius 2 is 1.79 bits per heavy atom. The SMILES string of the molecule is O=C(COC(=O)C1(c2ccccc2)CC1)Nc1ccc(C(F)(F)F)cc1[N+](=O)[O-]. The van der Waals surface area contributed by atoms with Gasteiger partial charge in [-0.15, -0.1) is 0 Å². The second-order valence-corrected chi connectivity index (χ2v) is 6.56. The van der Waals surface area contributed by atoms with Crippen molar-refractivity contribution in [2.45, 2.75) is 24.4 Å². The third-order valence-electron chi connectivity index (χ3n) is 4.60. The second kappa shape index (κ2) is 7.53. The normalized spacial score (nSPS) is 14.7. The number of esters is 1. The van der Waals surface area contributed by atoms with Gasteiger partial charge >= 0.3 is 12.1 Å². The van der Waals surface area contributed by atoms with E-state index in [1.54, 1.807) is 30.3 Å². The minimum atomic E-state index is -4.77. The van der Waals surface area contributed by atoms with Crippen LogP contribution in [0.4, 0.5) is 24.5 Å². The molecule has 0 spiro atoms. The van der Waals surface area contributed by atoms with E-state index < -0.39 is 51.9 Å². The summed E-state index contributed by atoms with van der Waals surface area (Å²) in [6.45, 7) is -0.717. The number of ether oxygens (including phenoxy) is 1. The summed E-state index contributed by atoms with van der Waals surface area (Å²) in [6, 6.07) is 10.6. The average molecular weight is 408 g/mol. The van der Waals surface area contributed by atoms with Crippen molar-refractivity contribution in [2.24, 2.45) is 0 Å². The first-order chi connectivity index (χ1) is 13.6. The molecule has 0 aromatic heterocycles. The first-order valence-electron chi connectivity index (χ1n) is 8.52. The lowest BCUT2D eigenvalue weighted by Crippen LogP contribution is -2.28. The van der Waals surface area contributed by atoms with Crippen molar-refractivity contribution in [1.29, 1.82) is 0 Å². The standard InChI is InChI=1S/C19H15F3N2O5/c20-19(21,22)13-6-7-14(15(10-13)24(27)28)23-16(25)11-29-17(26)18(8-9-18)12-4-2-1-3-5-12/h1-7,10H,8-9,11H2,(H,23,25). The van der Waals surface area contributed by atoms with Crippen LogP contribution in [0, 0.1) is 10.1 Å². The number of nitro groups is 1. The van der Waals surface area contributed by atoms with Crippen molar-refractivity contribution >= 4 is 23.3 Å². The number of nitrogens with one attached hydrogen (secondary N) is 1. The van der Waals surface area contributed by atoms with E-state index >= 15 is 0 Å². The number of halogens is 3. The lowest BCUT2D eigenvalue weighted by Gasteiger charge is -2.15. The maximum absolute atomic E-state index is 12.7. The van der Waals surface area contributed by atoms with Crippen molar-refractivity contribution in [3.8, 4) is 0 Å². The van der Waals surface area contributed by atoms with Crippen molar-refractivity contribution in [3.05, 3.63) is 69.8 Å². The maximum Gasteiger partial charge on any atom is 0.416 e. The molecule has 1 saturated carbocycles. The van der Waals surface area contributed by atoms with Gasteiger partial charge in [0.05, 0.1) is 15.9 Å². The number of rotatable bonds is 6. The van der Waals surface area contributed by atoms with Gasteiger partial charge in [0.25, 0.3) is 11.6 Å². The molecule has 10 heteroatoms. The first kappa shape index (κ1) is 20.3. The smallest absolute Gasteiger partial charge is 0.416 e. The number of benzene rings is 2. The molecule has 0 radical (unpaired) electrons. The van der Waals surface area contributed by atoms with E-state index in [1.165, 1.54) is 0 Å². The van der Waals surface area contributed by atoms with Gasteiger partial charge in [0, 0.05) is 6.07 Å². The van der Waals surface area contributed by atoms with Crippen LogP contribution in [-0.4, -0.2) is 23.4 Å². The van der Waals surface area contributed by atoms with Gasteiger partial charge in [-0.2, -0.15) is 13.2 Å². The van der Waals surface area contributed by atoms with Crippen LogP contribution in [0.1, 0.15) is 24.0 Å². The molecule has 0 heterocycles. The molecule has 1 aliphatic rings.